The number of hydrogen-bond donors (Lipinski definition) is 1. The molecule has 3 unspecified atom stereocenters. The summed E-state index contributed by atoms with van der Waals surface area (Å²) in [6.07, 6.45) is 9.53. The number of likely N-dealkylation sites (tertiary alicyclic amines) is 1. The number of hydrogen-bond acceptors (Lipinski definition) is 2. The van der Waals surface area contributed by atoms with Crippen LogP contribution in [0.15, 0.2) is 12.2 Å². The van der Waals surface area contributed by atoms with Crippen LogP contribution in [-0.4, -0.2) is 30.4 Å². The third-order valence-corrected chi connectivity index (χ3v) is 4.90. The average Bonchev–Trinajstić information content (AvgIpc) is 2.91. The number of carbonyl (C=O) groups is 1. The molecular formula is C14H22N2O. The second-order valence-corrected chi connectivity index (χ2v) is 6.02. The first-order chi connectivity index (χ1) is 8.22. The first-order valence-corrected chi connectivity index (χ1v) is 6.92. The molecule has 1 amide bonds. The van der Waals surface area contributed by atoms with Gasteiger partial charge in [-0.05, 0) is 56.5 Å². The van der Waals surface area contributed by atoms with Crippen LogP contribution in [0.25, 0.3) is 0 Å². The summed E-state index contributed by atoms with van der Waals surface area (Å²) < 4.78 is 0. The smallest absolute Gasteiger partial charge is 0.220 e. The number of allylic oxidation sites excluding steroid dienone is 2. The molecule has 2 N–H and O–H groups in total. The molecule has 2 fully saturated rings. The van der Waals surface area contributed by atoms with Gasteiger partial charge in [0.2, 0.25) is 5.91 Å². The van der Waals surface area contributed by atoms with E-state index in [0.717, 1.165) is 43.7 Å². The van der Waals surface area contributed by atoms with Gasteiger partial charge in [-0.2, -0.15) is 0 Å². The molecular weight excluding hydrogens is 212 g/mol. The van der Waals surface area contributed by atoms with Crippen LogP contribution in [0.3, 0.4) is 0 Å². The zero-order valence-corrected chi connectivity index (χ0v) is 10.3. The summed E-state index contributed by atoms with van der Waals surface area (Å²) in [4.78, 5) is 13.6. The van der Waals surface area contributed by atoms with Gasteiger partial charge in [0, 0.05) is 12.5 Å². The number of fused-ring (bicyclic) bond motifs is 2. The van der Waals surface area contributed by atoms with Crippen molar-refractivity contribution in [1.29, 1.82) is 0 Å². The van der Waals surface area contributed by atoms with Crippen molar-refractivity contribution >= 4 is 5.91 Å². The zero-order valence-electron chi connectivity index (χ0n) is 10.3. The van der Waals surface area contributed by atoms with Crippen molar-refractivity contribution in [2.24, 2.45) is 29.4 Å². The SMILES string of the molecule is NC(=O)C1CCN(CC2CC3C=CC2C3)CC1. The van der Waals surface area contributed by atoms with Crippen LogP contribution in [0, 0.1) is 23.7 Å². The normalized spacial score (nSPS) is 37.8. The molecule has 0 radical (unpaired) electrons. The highest BCUT2D eigenvalue weighted by molar-refractivity contribution is 5.76. The molecule has 2 bridgehead atoms. The summed E-state index contributed by atoms with van der Waals surface area (Å²) in [7, 11) is 0. The van der Waals surface area contributed by atoms with E-state index in [1.54, 1.807) is 0 Å². The Labute approximate surface area is 103 Å². The van der Waals surface area contributed by atoms with E-state index < -0.39 is 0 Å². The van der Waals surface area contributed by atoms with Gasteiger partial charge in [-0.3, -0.25) is 4.79 Å². The van der Waals surface area contributed by atoms with Gasteiger partial charge in [0.15, 0.2) is 0 Å². The van der Waals surface area contributed by atoms with E-state index >= 15 is 0 Å². The summed E-state index contributed by atoms with van der Waals surface area (Å²) in [5.74, 6) is 2.61. The van der Waals surface area contributed by atoms with Gasteiger partial charge in [-0.25, -0.2) is 0 Å². The van der Waals surface area contributed by atoms with Crippen molar-refractivity contribution in [3.63, 3.8) is 0 Å². The van der Waals surface area contributed by atoms with Gasteiger partial charge in [-0.1, -0.05) is 12.2 Å². The minimum Gasteiger partial charge on any atom is -0.369 e. The van der Waals surface area contributed by atoms with Gasteiger partial charge in [0.1, 0.15) is 0 Å². The summed E-state index contributed by atoms with van der Waals surface area (Å²) in [5, 5.41) is 0. The number of carbonyl (C=O) groups excluding carboxylic acids is 1. The number of piperidine rings is 1. The Bertz CT molecular complexity index is 331. The molecule has 3 aliphatic rings. The van der Waals surface area contributed by atoms with Crippen molar-refractivity contribution in [3.05, 3.63) is 12.2 Å². The van der Waals surface area contributed by atoms with Crippen LogP contribution < -0.4 is 5.73 Å². The predicted octanol–water partition coefficient (Wildman–Crippen LogP) is 1.40. The fourth-order valence-corrected chi connectivity index (χ4v) is 3.84. The summed E-state index contributed by atoms with van der Waals surface area (Å²) in [5.41, 5.74) is 5.36. The van der Waals surface area contributed by atoms with Crippen molar-refractivity contribution < 1.29 is 4.79 Å². The summed E-state index contributed by atoms with van der Waals surface area (Å²) >= 11 is 0. The Morgan fingerprint density at radius 3 is 2.53 bits per heavy atom. The molecule has 0 spiro atoms. The summed E-state index contributed by atoms with van der Waals surface area (Å²) in [6, 6.07) is 0. The lowest BCUT2D eigenvalue weighted by Crippen LogP contribution is -2.41. The zero-order chi connectivity index (χ0) is 11.8. The average molecular weight is 234 g/mol. The van der Waals surface area contributed by atoms with Crippen LogP contribution in [-0.2, 0) is 4.79 Å². The van der Waals surface area contributed by atoms with E-state index in [0.29, 0.717) is 0 Å². The third-order valence-electron chi connectivity index (χ3n) is 4.90. The predicted molar refractivity (Wildman–Crippen MR) is 67.2 cm³/mol. The van der Waals surface area contributed by atoms with Crippen molar-refractivity contribution in [1.82, 2.24) is 4.90 Å². The fourth-order valence-electron chi connectivity index (χ4n) is 3.84. The third kappa shape index (κ3) is 2.25. The molecule has 1 aliphatic heterocycles. The highest BCUT2D eigenvalue weighted by Crippen LogP contribution is 2.43. The maximum Gasteiger partial charge on any atom is 0.220 e. The number of primary amides is 1. The minimum atomic E-state index is -0.104. The Balaban J connectivity index is 1.48. The topological polar surface area (TPSA) is 46.3 Å². The molecule has 3 nitrogen and oxygen atoms in total. The van der Waals surface area contributed by atoms with E-state index in [4.69, 9.17) is 5.73 Å². The number of rotatable bonds is 3. The van der Waals surface area contributed by atoms with Gasteiger partial charge >= 0.3 is 0 Å². The van der Waals surface area contributed by atoms with Crippen molar-refractivity contribution in [2.45, 2.75) is 25.7 Å². The van der Waals surface area contributed by atoms with Crippen LogP contribution >= 0.6 is 0 Å². The molecule has 94 valence electrons. The highest BCUT2D eigenvalue weighted by Gasteiger charge is 2.36. The molecule has 3 rings (SSSR count). The molecule has 17 heavy (non-hydrogen) atoms. The Morgan fingerprint density at radius 1 is 1.24 bits per heavy atom. The minimum absolute atomic E-state index is 0.104. The van der Waals surface area contributed by atoms with Gasteiger partial charge in [0.05, 0.1) is 0 Å². The van der Waals surface area contributed by atoms with Gasteiger partial charge < -0.3 is 10.6 Å². The van der Waals surface area contributed by atoms with E-state index in [-0.39, 0.29) is 11.8 Å². The fraction of sp³-hybridized carbons (Fsp3) is 0.786. The molecule has 0 aromatic carbocycles. The standard InChI is InChI=1S/C14H22N2O/c15-14(17)11-3-5-16(6-4-11)9-13-8-10-1-2-12(13)7-10/h1-2,10-13H,3-9H2,(H2,15,17). The monoisotopic (exact) mass is 234 g/mol. The molecule has 1 saturated heterocycles. The molecule has 0 aromatic rings. The molecule has 2 aliphatic carbocycles. The molecule has 3 heteroatoms. The lowest BCUT2D eigenvalue weighted by Gasteiger charge is -2.33. The maximum atomic E-state index is 11.1. The Morgan fingerprint density at radius 2 is 2.00 bits per heavy atom. The van der Waals surface area contributed by atoms with E-state index in [1.165, 1.54) is 19.4 Å². The first-order valence-electron chi connectivity index (χ1n) is 6.92. The van der Waals surface area contributed by atoms with E-state index in [9.17, 15) is 4.79 Å². The second kappa shape index (κ2) is 4.45. The second-order valence-electron chi connectivity index (χ2n) is 6.02. The lowest BCUT2D eigenvalue weighted by atomic mass is 9.91. The van der Waals surface area contributed by atoms with Crippen LogP contribution in [0.5, 0.6) is 0 Å². The van der Waals surface area contributed by atoms with Crippen LogP contribution in [0.4, 0.5) is 0 Å². The van der Waals surface area contributed by atoms with E-state index in [2.05, 4.69) is 17.1 Å². The van der Waals surface area contributed by atoms with Crippen LogP contribution in [0.1, 0.15) is 25.7 Å². The largest absolute Gasteiger partial charge is 0.369 e. The first kappa shape index (κ1) is 11.3. The lowest BCUT2D eigenvalue weighted by molar-refractivity contribution is -0.123. The van der Waals surface area contributed by atoms with Crippen molar-refractivity contribution in [3.8, 4) is 0 Å². The Kier molecular flexibility index (Phi) is 2.95. The molecule has 0 aromatic heterocycles. The van der Waals surface area contributed by atoms with Crippen LogP contribution in [0.2, 0.25) is 0 Å². The number of amides is 1. The van der Waals surface area contributed by atoms with Gasteiger partial charge in [-0.15, -0.1) is 0 Å². The summed E-state index contributed by atoms with van der Waals surface area (Å²) in [6.45, 7) is 3.35. The van der Waals surface area contributed by atoms with E-state index in [1.807, 2.05) is 0 Å². The van der Waals surface area contributed by atoms with Gasteiger partial charge in [0.25, 0.3) is 0 Å². The molecule has 3 atom stereocenters. The maximum absolute atomic E-state index is 11.1. The van der Waals surface area contributed by atoms with Crippen molar-refractivity contribution in [2.75, 3.05) is 19.6 Å². The molecule has 1 saturated carbocycles. The quantitative estimate of drug-likeness (QED) is 0.750. The highest BCUT2D eigenvalue weighted by atomic mass is 16.1. The number of nitrogens with zero attached hydrogens (tertiary/aromatic N) is 1. The molecule has 1 heterocycles. The number of nitrogens with two attached hydrogens (primary N) is 1. The Hall–Kier alpha value is -0.830.